The topological polar surface area (TPSA) is 99.1 Å². The number of carboxylic acids is 1. The van der Waals surface area contributed by atoms with Crippen molar-refractivity contribution in [3.8, 4) is 11.1 Å². The molecule has 3 N–H and O–H groups in total. The van der Waals surface area contributed by atoms with Crippen molar-refractivity contribution < 1.29 is 24.8 Å². The number of aliphatic carboxylic acids is 1. The predicted octanol–water partition coefficient (Wildman–Crippen LogP) is 5.13. The molecule has 0 aliphatic carbocycles. The van der Waals surface area contributed by atoms with Crippen molar-refractivity contribution in [2.24, 2.45) is 5.92 Å². The summed E-state index contributed by atoms with van der Waals surface area (Å²) in [6.45, 7) is 3.04. The Hall–Kier alpha value is -3.23. The summed E-state index contributed by atoms with van der Waals surface area (Å²) < 4.78 is 0. The van der Waals surface area contributed by atoms with Crippen molar-refractivity contribution in [1.82, 2.24) is 10.2 Å². The van der Waals surface area contributed by atoms with Crippen LogP contribution >= 0.6 is 11.6 Å². The van der Waals surface area contributed by atoms with Gasteiger partial charge in [0.05, 0.1) is 17.2 Å². The fourth-order valence-electron chi connectivity index (χ4n) is 4.85. The molecule has 8 heteroatoms. The van der Waals surface area contributed by atoms with Crippen LogP contribution in [0.2, 0.25) is 5.02 Å². The molecule has 1 saturated heterocycles. The Balaban J connectivity index is 1.44. The van der Waals surface area contributed by atoms with E-state index in [-0.39, 0.29) is 17.0 Å². The first-order valence-corrected chi connectivity index (χ1v) is 12.8. The first-order chi connectivity index (χ1) is 17.9. The number of rotatable bonds is 10. The molecule has 1 aliphatic heterocycles. The molecule has 7 nitrogen and oxygen atoms in total. The van der Waals surface area contributed by atoms with Gasteiger partial charge in [-0.05, 0) is 59.7 Å². The Morgan fingerprint density at radius 1 is 1.05 bits per heavy atom. The maximum Gasteiger partial charge on any atom is 0.326 e. The molecular formula is C29H31ClN2O5. The highest BCUT2D eigenvalue weighted by Gasteiger charge is 2.23. The van der Waals surface area contributed by atoms with Crippen LogP contribution in [0.25, 0.3) is 11.1 Å². The van der Waals surface area contributed by atoms with Crippen LogP contribution in [0.5, 0.6) is 0 Å². The van der Waals surface area contributed by atoms with Gasteiger partial charge in [-0.1, -0.05) is 72.3 Å². The van der Waals surface area contributed by atoms with Crippen molar-refractivity contribution >= 4 is 23.5 Å². The smallest absolute Gasteiger partial charge is 0.326 e. The first-order valence-electron chi connectivity index (χ1n) is 12.4. The lowest BCUT2D eigenvalue weighted by atomic mass is 9.95. The molecule has 1 amide bonds. The minimum atomic E-state index is -1.11. The fourth-order valence-corrected chi connectivity index (χ4v) is 5.08. The number of hydrogen-bond donors (Lipinski definition) is 3. The standard InChI is InChI=1S/C29H31ClN2O5/c30-26-10-4-3-9-25(26)28(33)31-27(29(34)35)16-20-11-13-22(14-12-20)24-8-2-1-7-23(24)18-32-15-5-6-21(17-32)19-37-36/h1-4,7-14,21,27,36H,5-6,15-19H2,(H,31,33)(H,34,35)/t21?,27-/m0/s1. The van der Waals surface area contributed by atoms with Crippen LogP contribution in [-0.4, -0.2) is 52.9 Å². The molecule has 1 heterocycles. The highest BCUT2D eigenvalue weighted by atomic mass is 35.5. The van der Waals surface area contributed by atoms with Crippen molar-refractivity contribution in [3.05, 3.63) is 94.5 Å². The van der Waals surface area contributed by atoms with Gasteiger partial charge < -0.3 is 10.4 Å². The average molecular weight is 523 g/mol. The molecule has 0 aromatic heterocycles. The third-order valence-electron chi connectivity index (χ3n) is 6.75. The van der Waals surface area contributed by atoms with E-state index in [0.717, 1.165) is 49.2 Å². The largest absolute Gasteiger partial charge is 0.480 e. The number of amides is 1. The van der Waals surface area contributed by atoms with Crippen molar-refractivity contribution in [2.45, 2.75) is 31.8 Å². The molecule has 1 fully saturated rings. The van der Waals surface area contributed by atoms with Gasteiger partial charge in [0, 0.05) is 19.5 Å². The van der Waals surface area contributed by atoms with Gasteiger partial charge in [0.1, 0.15) is 6.04 Å². The molecule has 1 unspecified atom stereocenters. The summed E-state index contributed by atoms with van der Waals surface area (Å²) in [7, 11) is 0. The summed E-state index contributed by atoms with van der Waals surface area (Å²) >= 11 is 6.09. The van der Waals surface area contributed by atoms with Gasteiger partial charge in [-0.3, -0.25) is 15.0 Å². The third kappa shape index (κ3) is 7.17. The van der Waals surface area contributed by atoms with Crippen LogP contribution in [0.15, 0.2) is 72.8 Å². The third-order valence-corrected chi connectivity index (χ3v) is 7.08. The first kappa shape index (κ1) is 26.8. The Morgan fingerprint density at radius 3 is 2.51 bits per heavy atom. The normalized spacial score (nSPS) is 16.8. The van der Waals surface area contributed by atoms with E-state index in [9.17, 15) is 14.7 Å². The number of piperidine rings is 1. The molecule has 194 valence electrons. The van der Waals surface area contributed by atoms with Gasteiger partial charge >= 0.3 is 5.97 Å². The second-order valence-corrected chi connectivity index (χ2v) is 9.85. The Labute approximate surface area is 221 Å². The van der Waals surface area contributed by atoms with Crippen molar-refractivity contribution in [2.75, 3.05) is 19.7 Å². The second-order valence-electron chi connectivity index (χ2n) is 9.44. The highest BCUT2D eigenvalue weighted by Crippen LogP contribution is 2.27. The van der Waals surface area contributed by atoms with Crippen LogP contribution < -0.4 is 5.32 Å². The predicted molar refractivity (Wildman–Crippen MR) is 143 cm³/mol. The average Bonchev–Trinajstić information content (AvgIpc) is 2.90. The molecule has 1 aliphatic rings. The number of nitrogens with one attached hydrogen (secondary N) is 1. The molecule has 4 rings (SSSR count). The van der Waals surface area contributed by atoms with Gasteiger partial charge in [0.25, 0.3) is 5.91 Å². The van der Waals surface area contributed by atoms with E-state index in [2.05, 4.69) is 27.2 Å². The lowest BCUT2D eigenvalue weighted by Gasteiger charge is -2.32. The lowest BCUT2D eigenvalue weighted by molar-refractivity contribution is -0.253. The zero-order chi connectivity index (χ0) is 26.2. The molecule has 3 aromatic rings. The SMILES string of the molecule is O=C(N[C@@H](Cc1ccc(-c2ccccc2CN2CCCC(COO)C2)cc1)C(=O)O)c1ccccc1Cl. The van der Waals surface area contributed by atoms with E-state index >= 15 is 0 Å². The Kier molecular flexibility index (Phi) is 9.30. The van der Waals surface area contributed by atoms with Gasteiger partial charge in [-0.2, -0.15) is 0 Å². The lowest BCUT2D eigenvalue weighted by Crippen LogP contribution is -2.42. The summed E-state index contributed by atoms with van der Waals surface area (Å²) in [4.78, 5) is 31.2. The van der Waals surface area contributed by atoms with Crippen molar-refractivity contribution in [1.29, 1.82) is 0 Å². The van der Waals surface area contributed by atoms with E-state index in [1.807, 2.05) is 36.4 Å². The molecule has 0 radical (unpaired) electrons. The maximum absolute atomic E-state index is 12.6. The summed E-state index contributed by atoms with van der Waals surface area (Å²) in [6.07, 6.45) is 2.27. The monoisotopic (exact) mass is 522 g/mol. The highest BCUT2D eigenvalue weighted by molar-refractivity contribution is 6.33. The molecule has 3 aromatic carbocycles. The maximum atomic E-state index is 12.6. The van der Waals surface area contributed by atoms with E-state index in [0.29, 0.717) is 12.5 Å². The van der Waals surface area contributed by atoms with Crippen LogP contribution in [0.3, 0.4) is 0 Å². The number of likely N-dealkylation sites (tertiary alicyclic amines) is 1. The number of carboxylic acid groups (broad SMARTS) is 1. The summed E-state index contributed by atoms with van der Waals surface area (Å²) in [5, 5.41) is 21.4. The van der Waals surface area contributed by atoms with Crippen LogP contribution in [0.1, 0.15) is 34.3 Å². The Morgan fingerprint density at radius 2 is 1.78 bits per heavy atom. The summed E-state index contributed by atoms with van der Waals surface area (Å²) in [5.74, 6) is -1.30. The minimum Gasteiger partial charge on any atom is -0.480 e. The number of hydrogen-bond acceptors (Lipinski definition) is 5. The molecule has 2 atom stereocenters. The zero-order valence-electron chi connectivity index (χ0n) is 20.5. The summed E-state index contributed by atoms with van der Waals surface area (Å²) in [6, 6.07) is 21.5. The van der Waals surface area contributed by atoms with Crippen LogP contribution in [0, 0.1) is 5.92 Å². The number of benzene rings is 3. The zero-order valence-corrected chi connectivity index (χ0v) is 21.2. The number of carbonyl (C=O) groups excluding carboxylic acids is 1. The Bertz CT molecular complexity index is 1210. The van der Waals surface area contributed by atoms with Gasteiger partial charge in [-0.15, -0.1) is 0 Å². The van der Waals surface area contributed by atoms with Crippen LogP contribution in [-0.2, 0) is 22.6 Å². The second kappa shape index (κ2) is 12.8. The number of halogens is 1. The van der Waals surface area contributed by atoms with E-state index in [1.165, 1.54) is 5.56 Å². The van der Waals surface area contributed by atoms with Crippen molar-refractivity contribution in [3.63, 3.8) is 0 Å². The van der Waals surface area contributed by atoms with E-state index in [4.69, 9.17) is 16.9 Å². The fraction of sp³-hybridized carbons (Fsp3) is 0.310. The van der Waals surface area contributed by atoms with Gasteiger partial charge in [0.15, 0.2) is 0 Å². The van der Waals surface area contributed by atoms with Gasteiger partial charge in [0.2, 0.25) is 0 Å². The van der Waals surface area contributed by atoms with E-state index < -0.39 is 17.9 Å². The molecule has 0 bridgehead atoms. The van der Waals surface area contributed by atoms with Gasteiger partial charge in [-0.25, -0.2) is 9.68 Å². The molecule has 0 spiro atoms. The van der Waals surface area contributed by atoms with E-state index in [1.54, 1.807) is 24.3 Å². The molecule has 0 saturated carbocycles. The van der Waals surface area contributed by atoms with Crippen LogP contribution in [0.4, 0.5) is 0 Å². The minimum absolute atomic E-state index is 0.148. The molecular weight excluding hydrogens is 492 g/mol. The number of nitrogens with zero attached hydrogens (tertiary/aromatic N) is 1. The quantitative estimate of drug-likeness (QED) is 0.252. The number of carbonyl (C=O) groups is 2. The molecule has 37 heavy (non-hydrogen) atoms. The summed E-state index contributed by atoms with van der Waals surface area (Å²) in [5.41, 5.74) is 4.41.